The Morgan fingerprint density at radius 2 is 2.44 bits per heavy atom. The summed E-state index contributed by atoms with van der Waals surface area (Å²) in [6.07, 6.45) is 3.14. The molecule has 0 unspecified atom stereocenters. The first-order chi connectivity index (χ1) is 7.66. The van der Waals surface area contributed by atoms with E-state index in [9.17, 15) is 10.1 Å². The largest absolute Gasteiger partial charge is 0.372 e. The molecule has 0 aliphatic rings. The molecular formula is C8H9N5O2S. The van der Waals surface area contributed by atoms with Crippen LogP contribution in [0.15, 0.2) is 12.4 Å². The number of aromatic nitrogens is 3. The predicted octanol–water partition coefficient (Wildman–Crippen LogP) is 1.69. The maximum atomic E-state index is 10.6. The molecule has 2 heterocycles. The molecular weight excluding hydrogens is 230 g/mol. The van der Waals surface area contributed by atoms with Gasteiger partial charge in [0.2, 0.25) is 0 Å². The topological polar surface area (TPSA) is 96.7 Å². The Bertz CT molecular complexity index is 506. The summed E-state index contributed by atoms with van der Waals surface area (Å²) >= 11 is 1.55. The lowest BCUT2D eigenvalue weighted by molar-refractivity contribution is -0.388. The van der Waals surface area contributed by atoms with Gasteiger partial charge >= 0.3 is 5.82 Å². The molecule has 2 aromatic heterocycles. The minimum atomic E-state index is -0.507. The first-order valence-electron chi connectivity index (χ1n) is 4.50. The van der Waals surface area contributed by atoms with Gasteiger partial charge in [0.15, 0.2) is 5.69 Å². The molecule has 7 nitrogen and oxygen atoms in total. The van der Waals surface area contributed by atoms with Crippen LogP contribution in [0.5, 0.6) is 0 Å². The number of nitrogens with zero attached hydrogens (tertiary/aromatic N) is 3. The van der Waals surface area contributed by atoms with Crippen molar-refractivity contribution in [1.29, 1.82) is 0 Å². The molecule has 0 aliphatic carbocycles. The van der Waals surface area contributed by atoms with Crippen LogP contribution in [0.25, 0.3) is 0 Å². The molecule has 2 N–H and O–H groups in total. The summed E-state index contributed by atoms with van der Waals surface area (Å²) in [7, 11) is 0. The summed E-state index contributed by atoms with van der Waals surface area (Å²) in [5.74, 6) is -0.124. The van der Waals surface area contributed by atoms with Crippen molar-refractivity contribution >= 4 is 22.8 Å². The van der Waals surface area contributed by atoms with Crippen LogP contribution in [0.3, 0.4) is 0 Å². The number of thiazole rings is 1. The van der Waals surface area contributed by atoms with E-state index < -0.39 is 4.92 Å². The summed E-state index contributed by atoms with van der Waals surface area (Å²) in [6.45, 7) is 2.42. The minimum absolute atomic E-state index is 0.124. The van der Waals surface area contributed by atoms with E-state index in [1.807, 2.05) is 6.92 Å². The lowest BCUT2D eigenvalue weighted by Gasteiger charge is -2.00. The first kappa shape index (κ1) is 10.6. The Balaban J connectivity index is 2.04. The molecule has 0 atom stereocenters. The van der Waals surface area contributed by atoms with E-state index in [0.717, 1.165) is 9.88 Å². The molecule has 0 spiro atoms. The average molecular weight is 239 g/mol. The molecule has 0 bridgehead atoms. The molecule has 0 aliphatic heterocycles. The Hall–Kier alpha value is -1.96. The second-order valence-electron chi connectivity index (χ2n) is 3.09. The van der Waals surface area contributed by atoms with Gasteiger partial charge in [-0.15, -0.1) is 16.4 Å². The SMILES string of the molecule is Cc1ncc(CNc2cn[nH]c2[N+](=O)[O-])s1. The van der Waals surface area contributed by atoms with Crippen molar-refractivity contribution in [2.75, 3.05) is 5.32 Å². The fraction of sp³-hybridized carbons (Fsp3) is 0.250. The number of H-pyrrole nitrogens is 1. The highest BCUT2D eigenvalue weighted by atomic mass is 32.1. The number of anilines is 1. The first-order valence-corrected chi connectivity index (χ1v) is 5.31. The number of rotatable bonds is 4. The van der Waals surface area contributed by atoms with Crippen LogP contribution in [0, 0.1) is 17.0 Å². The monoisotopic (exact) mass is 239 g/mol. The number of nitro groups is 1. The van der Waals surface area contributed by atoms with Gasteiger partial charge in [-0.2, -0.15) is 0 Å². The van der Waals surface area contributed by atoms with Gasteiger partial charge in [-0.1, -0.05) is 5.10 Å². The van der Waals surface area contributed by atoms with E-state index >= 15 is 0 Å². The molecule has 0 radical (unpaired) electrons. The summed E-state index contributed by atoms with van der Waals surface area (Å²) < 4.78 is 0. The summed E-state index contributed by atoms with van der Waals surface area (Å²) in [4.78, 5) is 15.2. The molecule has 0 saturated carbocycles. The van der Waals surface area contributed by atoms with Crippen LogP contribution >= 0.6 is 11.3 Å². The molecule has 8 heteroatoms. The lowest BCUT2D eigenvalue weighted by Crippen LogP contribution is -1.99. The molecule has 0 aromatic carbocycles. The van der Waals surface area contributed by atoms with Crippen molar-refractivity contribution < 1.29 is 4.92 Å². The third kappa shape index (κ3) is 2.16. The molecule has 2 aromatic rings. The zero-order valence-electron chi connectivity index (χ0n) is 8.43. The highest BCUT2D eigenvalue weighted by Crippen LogP contribution is 2.21. The Kier molecular flexibility index (Phi) is 2.82. The summed E-state index contributed by atoms with van der Waals surface area (Å²) in [5.41, 5.74) is 0.385. The molecule has 0 fully saturated rings. The molecule has 0 saturated heterocycles. The summed E-state index contributed by atoms with van der Waals surface area (Å²) in [5, 5.41) is 20.4. The maximum absolute atomic E-state index is 10.6. The van der Waals surface area contributed by atoms with E-state index in [4.69, 9.17) is 0 Å². The van der Waals surface area contributed by atoms with Crippen molar-refractivity contribution in [1.82, 2.24) is 15.2 Å². The lowest BCUT2D eigenvalue weighted by atomic mass is 10.4. The van der Waals surface area contributed by atoms with E-state index in [1.54, 1.807) is 17.5 Å². The summed E-state index contributed by atoms with van der Waals surface area (Å²) in [6, 6.07) is 0. The number of aryl methyl sites for hydroxylation is 1. The zero-order valence-corrected chi connectivity index (χ0v) is 9.24. The van der Waals surface area contributed by atoms with Gasteiger partial charge in [-0.05, 0) is 11.8 Å². The van der Waals surface area contributed by atoms with Gasteiger partial charge in [-0.25, -0.2) is 4.98 Å². The van der Waals surface area contributed by atoms with Gasteiger partial charge in [0.25, 0.3) is 0 Å². The normalized spacial score (nSPS) is 10.3. The molecule has 16 heavy (non-hydrogen) atoms. The smallest absolute Gasteiger partial charge is 0.366 e. The standard InChI is InChI=1S/C8H9N5O2S/c1-5-9-2-6(16-5)3-10-7-4-11-12-8(7)13(14)15/h2,4,10H,3H2,1H3,(H,11,12). The Morgan fingerprint density at radius 3 is 3.06 bits per heavy atom. The van der Waals surface area contributed by atoms with Gasteiger partial charge < -0.3 is 15.4 Å². The third-order valence-electron chi connectivity index (χ3n) is 1.92. The maximum Gasteiger partial charge on any atom is 0.366 e. The third-order valence-corrected chi connectivity index (χ3v) is 2.84. The fourth-order valence-electron chi connectivity index (χ4n) is 1.22. The average Bonchev–Trinajstić information content (AvgIpc) is 2.83. The van der Waals surface area contributed by atoms with Crippen LogP contribution in [0.1, 0.15) is 9.88 Å². The molecule has 84 valence electrons. The quantitative estimate of drug-likeness (QED) is 0.625. The minimum Gasteiger partial charge on any atom is -0.372 e. The van der Waals surface area contributed by atoms with Crippen molar-refractivity contribution in [3.8, 4) is 0 Å². The Morgan fingerprint density at radius 1 is 1.62 bits per heavy atom. The highest BCUT2D eigenvalue weighted by molar-refractivity contribution is 7.11. The number of hydrogen-bond acceptors (Lipinski definition) is 6. The van der Waals surface area contributed by atoms with E-state index in [1.165, 1.54) is 6.20 Å². The van der Waals surface area contributed by atoms with Gasteiger partial charge in [0.05, 0.1) is 11.6 Å². The van der Waals surface area contributed by atoms with Crippen molar-refractivity contribution in [3.63, 3.8) is 0 Å². The van der Waals surface area contributed by atoms with Gasteiger partial charge in [0, 0.05) is 11.1 Å². The van der Waals surface area contributed by atoms with E-state index in [-0.39, 0.29) is 5.82 Å². The van der Waals surface area contributed by atoms with Crippen LogP contribution in [-0.4, -0.2) is 20.1 Å². The van der Waals surface area contributed by atoms with Crippen molar-refractivity contribution in [2.45, 2.75) is 13.5 Å². The van der Waals surface area contributed by atoms with Crippen LogP contribution in [0.2, 0.25) is 0 Å². The second kappa shape index (κ2) is 4.27. The van der Waals surface area contributed by atoms with Gasteiger partial charge in [0.1, 0.15) is 6.20 Å². The fourth-order valence-corrected chi connectivity index (χ4v) is 1.95. The van der Waals surface area contributed by atoms with Crippen molar-refractivity contribution in [2.24, 2.45) is 0 Å². The van der Waals surface area contributed by atoms with Crippen molar-refractivity contribution in [3.05, 3.63) is 32.4 Å². The molecule has 2 rings (SSSR count). The van der Waals surface area contributed by atoms with Crippen LogP contribution < -0.4 is 5.32 Å². The van der Waals surface area contributed by atoms with E-state index in [0.29, 0.717) is 12.2 Å². The highest BCUT2D eigenvalue weighted by Gasteiger charge is 2.14. The zero-order chi connectivity index (χ0) is 11.5. The van der Waals surface area contributed by atoms with E-state index in [2.05, 4.69) is 20.5 Å². The number of aromatic amines is 1. The Labute approximate surface area is 94.7 Å². The number of hydrogen-bond donors (Lipinski definition) is 2. The van der Waals surface area contributed by atoms with Crippen LogP contribution in [0.4, 0.5) is 11.5 Å². The molecule has 0 amide bonds. The number of nitrogens with one attached hydrogen (secondary N) is 2. The predicted molar refractivity (Wildman–Crippen MR) is 59.4 cm³/mol. The van der Waals surface area contributed by atoms with Gasteiger partial charge in [-0.3, -0.25) is 0 Å². The van der Waals surface area contributed by atoms with Crippen LogP contribution in [-0.2, 0) is 6.54 Å². The second-order valence-corrected chi connectivity index (χ2v) is 4.41.